The van der Waals surface area contributed by atoms with Crippen LogP contribution < -0.4 is 16.6 Å². The molecule has 0 spiro atoms. The Morgan fingerprint density at radius 3 is 2.41 bits per heavy atom. The fourth-order valence-corrected chi connectivity index (χ4v) is 5.10. The van der Waals surface area contributed by atoms with Crippen molar-refractivity contribution in [2.24, 2.45) is 25.9 Å². The van der Waals surface area contributed by atoms with E-state index in [4.69, 9.17) is 0 Å². The van der Waals surface area contributed by atoms with Crippen LogP contribution in [0.5, 0.6) is 0 Å². The summed E-state index contributed by atoms with van der Waals surface area (Å²) in [5.74, 6) is 1.48. The smallest absolute Gasteiger partial charge is 0.332 e. The molecule has 1 saturated carbocycles. The van der Waals surface area contributed by atoms with E-state index in [1.54, 1.807) is 7.05 Å². The fourth-order valence-electron chi connectivity index (χ4n) is 4.16. The van der Waals surface area contributed by atoms with Crippen LogP contribution in [0.2, 0.25) is 0 Å². The molecule has 0 unspecified atom stereocenters. The third-order valence-corrected chi connectivity index (χ3v) is 7.72. The van der Waals surface area contributed by atoms with Crippen molar-refractivity contribution >= 4 is 28.7 Å². The molecule has 176 valence electrons. The van der Waals surface area contributed by atoms with E-state index in [2.05, 4.69) is 29.1 Å². The number of aryl methyl sites for hydroxylation is 1. The SMILES string of the molecule is C[C@@H]1[C@H](C)CCC[C@H]1NC(=O)[C@H](C)Sc1nc(C(C)(C)C)nc2c1c(=O)n(C)c(=O)n2C. The first-order valence-electron chi connectivity index (χ1n) is 11.3. The van der Waals surface area contributed by atoms with E-state index in [9.17, 15) is 14.4 Å². The molecule has 0 aliphatic heterocycles. The van der Waals surface area contributed by atoms with Gasteiger partial charge in [-0.25, -0.2) is 14.8 Å². The Labute approximate surface area is 193 Å². The molecule has 1 fully saturated rings. The van der Waals surface area contributed by atoms with Crippen molar-refractivity contribution in [3.63, 3.8) is 0 Å². The normalized spacial score (nSPS) is 22.7. The predicted molar refractivity (Wildman–Crippen MR) is 128 cm³/mol. The summed E-state index contributed by atoms with van der Waals surface area (Å²) in [4.78, 5) is 47.8. The largest absolute Gasteiger partial charge is 0.352 e. The monoisotopic (exact) mass is 461 g/mol. The van der Waals surface area contributed by atoms with Gasteiger partial charge in [0.15, 0.2) is 5.65 Å². The molecule has 9 heteroatoms. The zero-order valence-electron chi connectivity index (χ0n) is 20.4. The van der Waals surface area contributed by atoms with Gasteiger partial charge in [-0.1, -0.05) is 59.2 Å². The Balaban J connectivity index is 2.01. The van der Waals surface area contributed by atoms with Gasteiger partial charge in [0.25, 0.3) is 5.56 Å². The minimum absolute atomic E-state index is 0.0633. The quantitative estimate of drug-likeness (QED) is 0.555. The lowest BCUT2D eigenvalue weighted by molar-refractivity contribution is -0.121. The molecule has 8 nitrogen and oxygen atoms in total. The second-order valence-electron chi connectivity index (χ2n) is 10.1. The summed E-state index contributed by atoms with van der Waals surface area (Å²) in [5, 5.41) is 3.47. The summed E-state index contributed by atoms with van der Waals surface area (Å²) in [6.45, 7) is 12.2. The lowest BCUT2D eigenvalue weighted by Gasteiger charge is -2.35. The number of hydrogen-bond donors (Lipinski definition) is 1. The maximum atomic E-state index is 13.0. The van der Waals surface area contributed by atoms with Gasteiger partial charge in [0.2, 0.25) is 5.91 Å². The number of nitrogens with zero attached hydrogens (tertiary/aromatic N) is 4. The van der Waals surface area contributed by atoms with Crippen LogP contribution in [0.1, 0.15) is 66.6 Å². The fraction of sp³-hybridized carbons (Fsp3) is 0.696. The number of aromatic nitrogens is 4. The Hall–Kier alpha value is -2.16. The first-order chi connectivity index (χ1) is 14.8. The topological polar surface area (TPSA) is 98.9 Å². The Morgan fingerprint density at radius 2 is 1.78 bits per heavy atom. The Morgan fingerprint density at radius 1 is 1.12 bits per heavy atom. The highest BCUT2D eigenvalue weighted by molar-refractivity contribution is 8.00. The van der Waals surface area contributed by atoms with Gasteiger partial charge in [-0.15, -0.1) is 0 Å². The molecule has 2 aromatic rings. The summed E-state index contributed by atoms with van der Waals surface area (Å²) in [6, 6.07) is 0.162. The molecule has 32 heavy (non-hydrogen) atoms. The minimum Gasteiger partial charge on any atom is -0.352 e. The van der Waals surface area contributed by atoms with E-state index in [0.29, 0.717) is 28.3 Å². The molecule has 1 aliphatic carbocycles. The highest BCUT2D eigenvalue weighted by atomic mass is 32.2. The van der Waals surface area contributed by atoms with Crippen molar-refractivity contribution in [3.05, 3.63) is 26.7 Å². The summed E-state index contributed by atoms with van der Waals surface area (Å²) in [6.07, 6.45) is 3.30. The number of thioether (sulfide) groups is 1. The Bertz CT molecular complexity index is 1150. The molecule has 0 saturated heterocycles. The number of hydrogen-bond acceptors (Lipinski definition) is 6. The molecule has 4 atom stereocenters. The van der Waals surface area contributed by atoms with Crippen LogP contribution in [0.3, 0.4) is 0 Å². The van der Waals surface area contributed by atoms with Gasteiger partial charge < -0.3 is 5.32 Å². The van der Waals surface area contributed by atoms with E-state index in [1.165, 1.54) is 29.8 Å². The molecule has 2 heterocycles. The van der Waals surface area contributed by atoms with E-state index >= 15 is 0 Å². The molecule has 0 aromatic carbocycles. The lowest BCUT2D eigenvalue weighted by atomic mass is 9.78. The van der Waals surface area contributed by atoms with E-state index < -0.39 is 16.5 Å². The standard InChI is InChI=1S/C23H35N5O3S/c1-12-10-9-11-15(13(12)2)24-18(29)14(3)32-19-16-17(25-21(26-19)23(4,5)6)27(7)22(31)28(8)20(16)30/h12-15H,9-11H2,1-8H3,(H,24,29)/t12-,13-,14+,15-/m1/s1. The van der Waals surface area contributed by atoms with Gasteiger partial charge in [0.1, 0.15) is 16.2 Å². The molecule has 0 radical (unpaired) electrons. The van der Waals surface area contributed by atoms with Crippen LogP contribution in [-0.2, 0) is 24.3 Å². The Kier molecular flexibility index (Phi) is 6.88. The van der Waals surface area contributed by atoms with Crippen LogP contribution >= 0.6 is 11.8 Å². The first kappa shape index (κ1) is 24.5. The number of fused-ring (bicyclic) bond motifs is 1. The van der Waals surface area contributed by atoms with Gasteiger partial charge in [-0.3, -0.25) is 18.7 Å². The van der Waals surface area contributed by atoms with E-state index in [0.717, 1.165) is 17.4 Å². The van der Waals surface area contributed by atoms with Crippen molar-refractivity contribution < 1.29 is 4.79 Å². The predicted octanol–water partition coefficient (Wildman–Crippen LogP) is 2.75. The molecule has 1 aliphatic rings. The van der Waals surface area contributed by atoms with Gasteiger partial charge >= 0.3 is 5.69 Å². The number of amides is 1. The van der Waals surface area contributed by atoms with Crippen LogP contribution in [-0.4, -0.2) is 36.3 Å². The zero-order valence-corrected chi connectivity index (χ0v) is 21.2. The van der Waals surface area contributed by atoms with Crippen LogP contribution in [0.15, 0.2) is 14.6 Å². The van der Waals surface area contributed by atoms with E-state index in [1.807, 2.05) is 27.7 Å². The third-order valence-electron chi connectivity index (χ3n) is 6.63. The van der Waals surface area contributed by atoms with Gasteiger partial charge in [0, 0.05) is 25.6 Å². The van der Waals surface area contributed by atoms with Crippen LogP contribution in [0.4, 0.5) is 0 Å². The van der Waals surface area contributed by atoms with Gasteiger partial charge in [-0.2, -0.15) is 0 Å². The van der Waals surface area contributed by atoms with Crippen molar-refractivity contribution in [2.75, 3.05) is 0 Å². The average Bonchev–Trinajstić information content (AvgIpc) is 2.72. The number of carbonyl (C=O) groups is 1. The van der Waals surface area contributed by atoms with Crippen molar-refractivity contribution in [3.8, 4) is 0 Å². The highest BCUT2D eigenvalue weighted by Crippen LogP contribution is 2.32. The maximum Gasteiger partial charge on any atom is 0.332 e. The van der Waals surface area contributed by atoms with E-state index in [-0.39, 0.29) is 22.8 Å². The molecular formula is C23H35N5O3S. The summed E-state index contributed by atoms with van der Waals surface area (Å²) >= 11 is 1.25. The number of nitrogens with one attached hydrogen (secondary N) is 1. The van der Waals surface area contributed by atoms with Crippen molar-refractivity contribution in [2.45, 2.75) is 82.5 Å². The summed E-state index contributed by atoms with van der Waals surface area (Å²) in [7, 11) is 3.04. The van der Waals surface area contributed by atoms with Crippen molar-refractivity contribution in [1.82, 2.24) is 24.4 Å². The first-order valence-corrected chi connectivity index (χ1v) is 12.2. The number of rotatable bonds is 4. The van der Waals surface area contributed by atoms with Crippen molar-refractivity contribution in [1.29, 1.82) is 0 Å². The second-order valence-corrected chi connectivity index (χ2v) is 11.5. The molecule has 0 bridgehead atoms. The van der Waals surface area contributed by atoms with Gasteiger partial charge in [0.05, 0.1) is 5.25 Å². The third kappa shape index (κ3) is 4.63. The molecule has 2 aromatic heterocycles. The highest BCUT2D eigenvalue weighted by Gasteiger charge is 2.30. The van der Waals surface area contributed by atoms with Crippen LogP contribution in [0, 0.1) is 11.8 Å². The average molecular weight is 462 g/mol. The van der Waals surface area contributed by atoms with Gasteiger partial charge in [-0.05, 0) is 25.2 Å². The van der Waals surface area contributed by atoms with Crippen LogP contribution in [0.25, 0.3) is 11.0 Å². The number of carbonyl (C=O) groups excluding carboxylic acids is 1. The minimum atomic E-state index is -0.452. The maximum absolute atomic E-state index is 13.0. The summed E-state index contributed by atoms with van der Waals surface area (Å²) < 4.78 is 2.43. The molecule has 1 N–H and O–H groups in total. The summed E-state index contributed by atoms with van der Waals surface area (Å²) in [5.41, 5.74) is -0.987. The molecule has 1 amide bonds. The second kappa shape index (κ2) is 9.00. The zero-order chi connectivity index (χ0) is 24.0. The lowest BCUT2D eigenvalue weighted by Crippen LogP contribution is -2.46. The molecule has 3 rings (SSSR count). The molecular weight excluding hydrogens is 426 g/mol.